The summed E-state index contributed by atoms with van der Waals surface area (Å²) in [5, 5.41) is 0. The number of carbonyl (C=O) groups is 1. The van der Waals surface area contributed by atoms with Crippen molar-refractivity contribution in [2.24, 2.45) is 0 Å². The van der Waals surface area contributed by atoms with Gasteiger partial charge in [0.25, 0.3) is 5.91 Å². The second kappa shape index (κ2) is 5.49. The Morgan fingerprint density at radius 2 is 1.75 bits per heavy atom. The van der Waals surface area contributed by atoms with Crippen LogP contribution in [0.25, 0.3) is 0 Å². The molecule has 3 rings (SSSR count). The van der Waals surface area contributed by atoms with Gasteiger partial charge in [0.15, 0.2) is 0 Å². The van der Waals surface area contributed by atoms with E-state index in [1.165, 1.54) is 11.1 Å². The summed E-state index contributed by atoms with van der Waals surface area (Å²) in [6.45, 7) is 3.72. The van der Waals surface area contributed by atoms with Crippen LogP contribution >= 0.6 is 0 Å². The predicted octanol–water partition coefficient (Wildman–Crippen LogP) is 3.62. The lowest BCUT2D eigenvalue weighted by Crippen LogP contribution is -2.28. The molecule has 0 aromatic heterocycles. The Kier molecular flexibility index (Phi) is 3.55. The summed E-state index contributed by atoms with van der Waals surface area (Å²) in [4.78, 5) is 14.4. The van der Waals surface area contributed by atoms with E-state index in [-0.39, 0.29) is 5.91 Å². The zero-order chi connectivity index (χ0) is 13.9. The van der Waals surface area contributed by atoms with Gasteiger partial charge in [0.05, 0.1) is 0 Å². The second-order valence-electron chi connectivity index (χ2n) is 5.51. The lowest BCUT2D eigenvalue weighted by Gasteiger charge is -2.17. The molecule has 0 unspecified atom stereocenters. The minimum absolute atomic E-state index is 0.156. The van der Waals surface area contributed by atoms with Crippen LogP contribution in [0.15, 0.2) is 54.6 Å². The monoisotopic (exact) mass is 265 g/mol. The van der Waals surface area contributed by atoms with Gasteiger partial charge in [0.1, 0.15) is 0 Å². The van der Waals surface area contributed by atoms with Crippen molar-refractivity contribution in [2.75, 3.05) is 13.1 Å². The standard InChI is InChI=1S/C18H19NO/c1-14-7-9-16(10-8-14)18(20)19-12-11-17(13-19)15-5-3-2-4-6-15/h2-10,17H,11-13H2,1H3/t17-/m0/s1. The Hall–Kier alpha value is -2.09. The Bertz CT molecular complexity index is 589. The average Bonchev–Trinajstić information content (AvgIpc) is 2.98. The molecule has 1 aliphatic rings. The molecule has 102 valence electrons. The number of amides is 1. The second-order valence-corrected chi connectivity index (χ2v) is 5.51. The van der Waals surface area contributed by atoms with Gasteiger partial charge in [-0.05, 0) is 31.0 Å². The molecule has 0 bridgehead atoms. The van der Waals surface area contributed by atoms with Gasteiger partial charge in [-0.15, -0.1) is 0 Å². The Balaban J connectivity index is 1.71. The largest absolute Gasteiger partial charge is 0.338 e. The summed E-state index contributed by atoms with van der Waals surface area (Å²) in [6.07, 6.45) is 1.06. The van der Waals surface area contributed by atoms with Gasteiger partial charge in [-0.25, -0.2) is 0 Å². The van der Waals surface area contributed by atoms with Crippen LogP contribution in [0.3, 0.4) is 0 Å². The van der Waals surface area contributed by atoms with Crippen LogP contribution in [0, 0.1) is 6.92 Å². The predicted molar refractivity (Wildman–Crippen MR) is 80.9 cm³/mol. The summed E-state index contributed by atoms with van der Waals surface area (Å²) in [6, 6.07) is 18.3. The van der Waals surface area contributed by atoms with Crippen molar-refractivity contribution in [1.29, 1.82) is 0 Å². The van der Waals surface area contributed by atoms with Crippen LogP contribution in [0.4, 0.5) is 0 Å². The molecule has 2 aromatic rings. The van der Waals surface area contributed by atoms with Crippen molar-refractivity contribution >= 4 is 5.91 Å². The van der Waals surface area contributed by atoms with Crippen LogP contribution in [-0.2, 0) is 0 Å². The molecule has 2 aromatic carbocycles. The maximum absolute atomic E-state index is 12.5. The molecule has 1 atom stereocenters. The lowest BCUT2D eigenvalue weighted by atomic mass is 9.99. The molecule has 1 saturated heterocycles. The van der Waals surface area contributed by atoms with Crippen molar-refractivity contribution in [3.8, 4) is 0 Å². The topological polar surface area (TPSA) is 20.3 Å². The molecule has 1 fully saturated rings. The molecule has 0 spiro atoms. The van der Waals surface area contributed by atoms with E-state index in [2.05, 4.69) is 24.3 Å². The molecule has 2 nitrogen and oxygen atoms in total. The Morgan fingerprint density at radius 1 is 1.05 bits per heavy atom. The first-order valence-electron chi connectivity index (χ1n) is 7.15. The molecule has 0 aliphatic carbocycles. The maximum atomic E-state index is 12.5. The Labute approximate surface area is 120 Å². The van der Waals surface area contributed by atoms with Crippen LogP contribution in [0.5, 0.6) is 0 Å². The van der Waals surface area contributed by atoms with Gasteiger partial charge in [0, 0.05) is 24.6 Å². The van der Waals surface area contributed by atoms with Gasteiger partial charge in [0.2, 0.25) is 0 Å². The van der Waals surface area contributed by atoms with E-state index in [0.717, 1.165) is 25.1 Å². The molecule has 0 radical (unpaired) electrons. The Morgan fingerprint density at radius 3 is 2.45 bits per heavy atom. The van der Waals surface area contributed by atoms with Crippen LogP contribution in [0.2, 0.25) is 0 Å². The molecule has 1 amide bonds. The van der Waals surface area contributed by atoms with E-state index in [1.54, 1.807) is 0 Å². The smallest absolute Gasteiger partial charge is 0.253 e. The molecule has 0 N–H and O–H groups in total. The third-order valence-electron chi connectivity index (χ3n) is 4.04. The van der Waals surface area contributed by atoms with Crippen molar-refractivity contribution in [3.63, 3.8) is 0 Å². The van der Waals surface area contributed by atoms with Crippen molar-refractivity contribution < 1.29 is 4.79 Å². The van der Waals surface area contributed by atoms with Gasteiger partial charge < -0.3 is 4.90 Å². The molecule has 1 aliphatic heterocycles. The molecule has 1 heterocycles. The first kappa shape index (κ1) is 12.9. The zero-order valence-electron chi connectivity index (χ0n) is 11.8. The van der Waals surface area contributed by atoms with E-state index >= 15 is 0 Å². The summed E-state index contributed by atoms with van der Waals surface area (Å²) < 4.78 is 0. The summed E-state index contributed by atoms with van der Waals surface area (Å²) in [5.74, 6) is 0.633. The number of carbonyl (C=O) groups excluding carboxylic acids is 1. The van der Waals surface area contributed by atoms with E-state index in [0.29, 0.717) is 5.92 Å². The number of likely N-dealkylation sites (tertiary alicyclic amines) is 1. The highest BCUT2D eigenvalue weighted by Crippen LogP contribution is 2.27. The first-order chi connectivity index (χ1) is 9.74. The third kappa shape index (κ3) is 2.60. The highest BCUT2D eigenvalue weighted by Gasteiger charge is 2.27. The lowest BCUT2D eigenvalue weighted by molar-refractivity contribution is 0.0791. The highest BCUT2D eigenvalue weighted by atomic mass is 16.2. The van der Waals surface area contributed by atoms with E-state index in [1.807, 2.05) is 42.2 Å². The van der Waals surface area contributed by atoms with E-state index < -0.39 is 0 Å². The van der Waals surface area contributed by atoms with Gasteiger partial charge in [-0.2, -0.15) is 0 Å². The normalized spacial score (nSPS) is 18.2. The van der Waals surface area contributed by atoms with Crippen molar-refractivity contribution in [3.05, 3.63) is 71.3 Å². The number of rotatable bonds is 2. The van der Waals surface area contributed by atoms with Crippen molar-refractivity contribution in [2.45, 2.75) is 19.3 Å². The van der Waals surface area contributed by atoms with Gasteiger partial charge in [-0.1, -0.05) is 48.0 Å². The fourth-order valence-electron chi connectivity index (χ4n) is 2.82. The quantitative estimate of drug-likeness (QED) is 0.812. The summed E-state index contributed by atoms with van der Waals surface area (Å²) in [7, 11) is 0. The van der Waals surface area contributed by atoms with Gasteiger partial charge >= 0.3 is 0 Å². The summed E-state index contributed by atoms with van der Waals surface area (Å²) in [5.41, 5.74) is 3.32. The number of benzene rings is 2. The highest BCUT2D eigenvalue weighted by molar-refractivity contribution is 5.94. The van der Waals surface area contributed by atoms with Crippen LogP contribution in [0.1, 0.15) is 33.8 Å². The first-order valence-corrected chi connectivity index (χ1v) is 7.15. The van der Waals surface area contributed by atoms with Crippen LogP contribution < -0.4 is 0 Å². The average molecular weight is 265 g/mol. The minimum Gasteiger partial charge on any atom is -0.338 e. The fourth-order valence-corrected chi connectivity index (χ4v) is 2.82. The van der Waals surface area contributed by atoms with E-state index in [4.69, 9.17) is 0 Å². The molecule has 20 heavy (non-hydrogen) atoms. The minimum atomic E-state index is 0.156. The number of hydrogen-bond donors (Lipinski definition) is 0. The maximum Gasteiger partial charge on any atom is 0.253 e. The number of hydrogen-bond acceptors (Lipinski definition) is 1. The van der Waals surface area contributed by atoms with E-state index in [9.17, 15) is 4.79 Å². The number of nitrogens with zero attached hydrogens (tertiary/aromatic N) is 1. The zero-order valence-corrected chi connectivity index (χ0v) is 11.8. The fraction of sp³-hybridized carbons (Fsp3) is 0.278. The molecule has 0 saturated carbocycles. The SMILES string of the molecule is Cc1ccc(C(=O)N2CC[C@H](c3ccccc3)C2)cc1. The molecular weight excluding hydrogens is 246 g/mol. The third-order valence-corrected chi connectivity index (χ3v) is 4.04. The van der Waals surface area contributed by atoms with Gasteiger partial charge in [-0.3, -0.25) is 4.79 Å². The van der Waals surface area contributed by atoms with Crippen LogP contribution in [-0.4, -0.2) is 23.9 Å². The van der Waals surface area contributed by atoms with Crippen molar-refractivity contribution in [1.82, 2.24) is 4.90 Å². The number of aryl methyl sites for hydroxylation is 1. The summed E-state index contributed by atoms with van der Waals surface area (Å²) >= 11 is 0. The molecule has 2 heteroatoms. The molecular formula is C18H19NO.